The van der Waals surface area contributed by atoms with E-state index in [4.69, 9.17) is 4.74 Å². The van der Waals surface area contributed by atoms with Gasteiger partial charge in [-0.1, -0.05) is 6.92 Å². The summed E-state index contributed by atoms with van der Waals surface area (Å²) in [6.07, 6.45) is 0.965. The van der Waals surface area contributed by atoms with Crippen molar-refractivity contribution in [1.29, 1.82) is 0 Å². The largest absolute Gasteiger partial charge is 0.497 e. The molecule has 1 aromatic heterocycles. The number of carbonyl (C=O) groups excluding carboxylic acids is 1. The highest BCUT2D eigenvalue weighted by molar-refractivity contribution is 7.14. The van der Waals surface area contributed by atoms with E-state index in [0.717, 1.165) is 22.7 Å². The highest BCUT2D eigenvalue weighted by Gasteiger charge is 2.11. The molecule has 3 nitrogen and oxygen atoms in total. The summed E-state index contributed by atoms with van der Waals surface area (Å²) in [7, 11) is 1.62. The van der Waals surface area contributed by atoms with E-state index in [2.05, 4.69) is 12.2 Å². The van der Waals surface area contributed by atoms with Gasteiger partial charge in [0.25, 0.3) is 5.91 Å². The van der Waals surface area contributed by atoms with Gasteiger partial charge in [-0.05, 0) is 49.2 Å². The Bertz CT molecular complexity index is 572. The predicted octanol–water partition coefficient (Wildman–Crippen LogP) is 3.88. The summed E-state index contributed by atoms with van der Waals surface area (Å²) in [5.74, 6) is 0.719. The first-order valence-corrected chi connectivity index (χ1v) is 7.00. The number of amides is 1. The van der Waals surface area contributed by atoms with Crippen LogP contribution in [-0.4, -0.2) is 13.0 Å². The van der Waals surface area contributed by atoms with Gasteiger partial charge in [0.1, 0.15) is 5.75 Å². The Morgan fingerprint density at radius 3 is 2.53 bits per heavy atom. The van der Waals surface area contributed by atoms with Crippen LogP contribution in [0.15, 0.2) is 30.3 Å². The van der Waals surface area contributed by atoms with E-state index in [9.17, 15) is 4.79 Å². The normalized spacial score (nSPS) is 10.3. The number of rotatable bonds is 4. The average Bonchev–Trinajstić information content (AvgIpc) is 2.81. The summed E-state index contributed by atoms with van der Waals surface area (Å²) in [5.41, 5.74) is 1.96. The fourth-order valence-corrected chi connectivity index (χ4v) is 2.86. The minimum atomic E-state index is -0.0574. The van der Waals surface area contributed by atoms with Crippen molar-refractivity contribution in [2.24, 2.45) is 0 Å². The molecular formula is C15H17NO2S. The Labute approximate surface area is 117 Å². The molecule has 0 saturated heterocycles. The lowest BCUT2D eigenvalue weighted by Crippen LogP contribution is -2.09. The van der Waals surface area contributed by atoms with Gasteiger partial charge < -0.3 is 10.1 Å². The molecule has 0 radical (unpaired) electrons. The van der Waals surface area contributed by atoms with E-state index in [-0.39, 0.29) is 5.91 Å². The minimum absolute atomic E-state index is 0.0574. The number of anilines is 1. The predicted molar refractivity (Wildman–Crippen MR) is 79.4 cm³/mol. The summed E-state index contributed by atoms with van der Waals surface area (Å²) in [6.45, 7) is 4.14. The number of hydrogen-bond donors (Lipinski definition) is 1. The molecule has 2 aromatic rings. The second-order valence-corrected chi connectivity index (χ2v) is 5.39. The lowest BCUT2D eigenvalue weighted by Gasteiger charge is -2.04. The Morgan fingerprint density at radius 2 is 2.00 bits per heavy atom. The van der Waals surface area contributed by atoms with Gasteiger partial charge in [-0.2, -0.15) is 0 Å². The van der Waals surface area contributed by atoms with Gasteiger partial charge in [0.15, 0.2) is 0 Å². The maximum atomic E-state index is 12.1. The van der Waals surface area contributed by atoms with Crippen molar-refractivity contribution in [1.82, 2.24) is 0 Å². The number of ether oxygens (including phenoxy) is 1. The van der Waals surface area contributed by atoms with Crippen molar-refractivity contribution in [3.05, 3.63) is 45.6 Å². The molecule has 19 heavy (non-hydrogen) atoms. The van der Waals surface area contributed by atoms with Crippen molar-refractivity contribution in [3.8, 4) is 5.75 Å². The number of benzene rings is 1. The van der Waals surface area contributed by atoms with Crippen LogP contribution in [0.1, 0.15) is 27.0 Å². The first-order chi connectivity index (χ1) is 9.13. The highest BCUT2D eigenvalue weighted by Crippen LogP contribution is 2.23. The van der Waals surface area contributed by atoms with Crippen molar-refractivity contribution in [2.75, 3.05) is 12.4 Å². The molecule has 0 fully saturated rings. The molecule has 0 aliphatic rings. The van der Waals surface area contributed by atoms with Gasteiger partial charge in [0, 0.05) is 10.6 Å². The van der Waals surface area contributed by atoms with Gasteiger partial charge in [-0.3, -0.25) is 4.79 Å². The van der Waals surface area contributed by atoms with E-state index in [1.807, 2.05) is 37.3 Å². The monoisotopic (exact) mass is 275 g/mol. The van der Waals surface area contributed by atoms with Crippen molar-refractivity contribution >= 4 is 22.9 Å². The standard InChI is InChI=1S/C15H17NO2S/c1-4-13-10(2)9-14(19-13)15(17)16-11-5-7-12(18-3)8-6-11/h5-9H,4H2,1-3H3,(H,16,17). The second-order valence-electron chi connectivity index (χ2n) is 4.25. The van der Waals surface area contributed by atoms with Crippen molar-refractivity contribution in [2.45, 2.75) is 20.3 Å². The first kappa shape index (κ1) is 13.6. The zero-order valence-electron chi connectivity index (χ0n) is 11.3. The van der Waals surface area contributed by atoms with Crippen molar-refractivity contribution in [3.63, 3.8) is 0 Å². The molecule has 2 rings (SSSR count). The maximum absolute atomic E-state index is 12.1. The molecule has 0 aliphatic heterocycles. The van der Waals surface area contributed by atoms with Crippen LogP contribution in [0.25, 0.3) is 0 Å². The number of nitrogens with one attached hydrogen (secondary N) is 1. The third-order valence-electron chi connectivity index (χ3n) is 2.91. The molecule has 0 saturated carbocycles. The molecule has 0 atom stereocenters. The number of aryl methyl sites for hydroxylation is 2. The topological polar surface area (TPSA) is 38.3 Å². The Kier molecular flexibility index (Phi) is 4.22. The number of thiophene rings is 1. The number of methoxy groups -OCH3 is 1. The van der Waals surface area contributed by atoms with E-state index in [1.165, 1.54) is 10.4 Å². The number of carbonyl (C=O) groups is 1. The van der Waals surface area contributed by atoms with Gasteiger partial charge in [0.2, 0.25) is 0 Å². The third kappa shape index (κ3) is 3.15. The van der Waals surface area contributed by atoms with Gasteiger partial charge >= 0.3 is 0 Å². The van der Waals surface area contributed by atoms with E-state index in [1.54, 1.807) is 18.4 Å². The van der Waals surface area contributed by atoms with Crippen LogP contribution in [0.3, 0.4) is 0 Å². The van der Waals surface area contributed by atoms with E-state index >= 15 is 0 Å². The lowest BCUT2D eigenvalue weighted by molar-refractivity contribution is 0.103. The van der Waals surface area contributed by atoms with Crippen LogP contribution in [0.2, 0.25) is 0 Å². The van der Waals surface area contributed by atoms with Crippen LogP contribution in [0, 0.1) is 6.92 Å². The molecule has 0 aliphatic carbocycles. The molecule has 4 heteroatoms. The molecule has 1 N–H and O–H groups in total. The van der Waals surface area contributed by atoms with Crippen molar-refractivity contribution < 1.29 is 9.53 Å². The zero-order chi connectivity index (χ0) is 13.8. The SMILES string of the molecule is CCc1sc(C(=O)Nc2ccc(OC)cc2)cc1C. The number of hydrogen-bond acceptors (Lipinski definition) is 3. The average molecular weight is 275 g/mol. The smallest absolute Gasteiger partial charge is 0.265 e. The van der Waals surface area contributed by atoms with E-state index < -0.39 is 0 Å². The van der Waals surface area contributed by atoms with Gasteiger partial charge in [0.05, 0.1) is 12.0 Å². The van der Waals surface area contributed by atoms with Crippen LogP contribution in [-0.2, 0) is 6.42 Å². The molecule has 0 unspecified atom stereocenters. The fourth-order valence-electron chi connectivity index (χ4n) is 1.85. The Balaban J connectivity index is 2.11. The maximum Gasteiger partial charge on any atom is 0.265 e. The summed E-state index contributed by atoms with van der Waals surface area (Å²) in [4.78, 5) is 14.1. The molecule has 1 aromatic carbocycles. The quantitative estimate of drug-likeness (QED) is 0.919. The van der Waals surface area contributed by atoms with Crippen LogP contribution in [0.4, 0.5) is 5.69 Å². The zero-order valence-corrected chi connectivity index (χ0v) is 12.1. The second kappa shape index (κ2) is 5.89. The Morgan fingerprint density at radius 1 is 1.32 bits per heavy atom. The Hall–Kier alpha value is -1.81. The van der Waals surface area contributed by atoms with Gasteiger partial charge in [-0.25, -0.2) is 0 Å². The third-order valence-corrected chi connectivity index (χ3v) is 4.29. The molecule has 0 bridgehead atoms. The summed E-state index contributed by atoms with van der Waals surface area (Å²) >= 11 is 1.56. The lowest BCUT2D eigenvalue weighted by atomic mass is 10.2. The summed E-state index contributed by atoms with van der Waals surface area (Å²) in [5, 5.41) is 2.89. The summed E-state index contributed by atoms with van der Waals surface area (Å²) in [6, 6.07) is 9.26. The molecule has 1 heterocycles. The molecule has 1 amide bonds. The van der Waals surface area contributed by atoms with Gasteiger partial charge in [-0.15, -0.1) is 11.3 Å². The fraction of sp³-hybridized carbons (Fsp3) is 0.267. The highest BCUT2D eigenvalue weighted by atomic mass is 32.1. The molecular weight excluding hydrogens is 258 g/mol. The summed E-state index contributed by atoms with van der Waals surface area (Å²) < 4.78 is 5.08. The molecule has 0 spiro atoms. The van der Waals surface area contributed by atoms with Crippen LogP contribution >= 0.6 is 11.3 Å². The van der Waals surface area contributed by atoms with Crippen LogP contribution in [0.5, 0.6) is 5.75 Å². The molecule has 100 valence electrons. The van der Waals surface area contributed by atoms with Crippen LogP contribution < -0.4 is 10.1 Å². The first-order valence-electron chi connectivity index (χ1n) is 6.18. The van der Waals surface area contributed by atoms with E-state index in [0.29, 0.717) is 0 Å². The minimum Gasteiger partial charge on any atom is -0.497 e.